The first-order valence-corrected chi connectivity index (χ1v) is 6.71. The van der Waals surface area contributed by atoms with Gasteiger partial charge in [0.1, 0.15) is 0 Å². The van der Waals surface area contributed by atoms with Crippen LogP contribution in [0.4, 0.5) is 0 Å². The molecular formula is C13H28N2O. The molecular weight excluding hydrogens is 200 g/mol. The van der Waals surface area contributed by atoms with Crippen molar-refractivity contribution in [3.63, 3.8) is 0 Å². The van der Waals surface area contributed by atoms with Gasteiger partial charge in [-0.05, 0) is 32.2 Å². The largest absolute Gasteiger partial charge is 0.383 e. The van der Waals surface area contributed by atoms with E-state index in [1.54, 1.807) is 7.11 Å². The number of hydrogen-bond acceptors (Lipinski definition) is 3. The Hall–Kier alpha value is -0.120. The maximum absolute atomic E-state index is 5.10. The fourth-order valence-electron chi connectivity index (χ4n) is 2.20. The summed E-state index contributed by atoms with van der Waals surface area (Å²) in [5.41, 5.74) is 0. The van der Waals surface area contributed by atoms with Crippen molar-refractivity contribution in [1.29, 1.82) is 0 Å². The number of ether oxygens (including phenoxy) is 1. The Labute approximate surface area is 101 Å². The van der Waals surface area contributed by atoms with Gasteiger partial charge in [-0.2, -0.15) is 0 Å². The lowest BCUT2D eigenvalue weighted by molar-refractivity contribution is 0.161. The van der Waals surface area contributed by atoms with Crippen LogP contribution in [0.15, 0.2) is 0 Å². The summed E-state index contributed by atoms with van der Waals surface area (Å²) in [5, 5.41) is 3.49. The highest BCUT2D eigenvalue weighted by atomic mass is 16.5. The fourth-order valence-corrected chi connectivity index (χ4v) is 2.20. The summed E-state index contributed by atoms with van der Waals surface area (Å²) in [6.07, 6.45) is 4.35. The van der Waals surface area contributed by atoms with Crippen molar-refractivity contribution in [3.8, 4) is 0 Å². The van der Waals surface area contributed by atoms with Gasteiger partial charge in [0.15, 0.2) is 0 Å². The van der Waals surface area contributed by atoms with E-state index in [4.69, 9.17) is 4.74 Å². The van der Waals surface area contributed by atoms with Crippen molar-refractivity contribution in [2.45, 2.75) is 39.2 Å². The number of likely N-dealkylation sites (N-methyl/N-ethyl adjacent to an activating group) is 1. The molecule has 0 aromatic carbocycles. The summed E-state index contributed by atoms with van der Waals surface area (Å²) in [5.74, 6) is 0.983. The summed E-state index contributed by atoms with van der Waals surface area (Å²) in [7, 11) is 1.76. The highest BCUT2D eigenvalue weighted by molar-refractivity contribution is 4.74. The second-order valence-electron chi connectivity index (χ2n) is 5.00. The molecule has 1 aliphatic rings. The first-order chi connectivity index (χ1) is 7.76. The number of hydrogen-bond donors (Lipinski definition) is 1. The van der Waals surface area contributed by atoms with E-state index in [-0.39, 0.29) is 0 Å². The van der Waals surface area contributed by atoms with Crippen LogP contribution in [0, 0.1) is 5.92 Å². The Morgan fingerprint density at radius 2 is 2.19 bits per heavy atom. The van der Waals surface area contributed by atoms with Crippen molar-refractivity contribution in [3.05, 3.63) is 0 Å². The molecule has 3 heteroatoms. The molecule has 3 nitrogen and oxygen atoms in total. The van der Waals surface area contributed by atoms with Gasteiger partial charge in [0.2, 0.25) is 0 Å². The molecule has 0 saturated heterocycles. The summed E-state index contributed by atoms with van der Waals surface area (Å²) >= 11 is 0. The maximum Gasteiger partial charge on any atom is 0.0613 e. The second-order valence-corrected chi connectivity index (χ2v) is 5.00. The molecule has 0 radical (unpaired) electrons. The third-order valence-corrected chi connectivity index (χ3v) is 3.53. The Kier molecular flexibility index (Phi) is 7.01. The zero-order chi connectivity index (χ0) is 11.8. The van der Waals surface area contributed by atoms with Gasteiger partial charge in [-0.15, -0.1) is 0 Å². The lowest BCUT2D eigenvalue weighted by Gasteiger charge is -2.32. The average Bonchev–Trinajstić information content (AvgIpc) is 2.21. The number of methoxy groups -OCH3 is 1. The van der Waals surface area contributed by atoms with E-state index in [1.165, 1.54) is 38.9 Å². The van der Waals surface area contributed by atoms with Crippen molar-refractivity contribution in [2.75, 3.05) is 39.9 Å². The number of nitrogens with zero attached hydrogens (tertiary/aromatic N) is 1. The maximum atomic E-state index is 5.10. The summed E-state index contributed by atoms with van der Waals surface area (Å²) in [6.45, 7) is 9.96. The first-order valence-electron chi connectivity index (χ1n) is 6.71. The van der Waals surface area contributed by atoms with Gasteiger partial charge in [0, 0.05) is 32.8 Å². The van der Waals surface area contributed by atoms with Gasteiger partial charge >= 0.3 is 0 Å². The van der Waals surface area contributed by atoms with E-state index in [0.717, 1.165) is 19.1 Å². The van der Waals surface area contributed by atoms with Gasteiger partial charge in [0.25, 0.3) is 0 Å². The van der Waals surface area contributed by atoms with Gasteiger partial charge < -0.3 is 15.0 Å². The predicted molar refractivity (Wildman–Crippen MR) is 68.8 cm³/mol. The molecule has 0 heterocycles. The third kappa shape index (κ3) is 5.28. The predicted octanol–water partition coefficient (Wildman–Crippen LogP) is 1.73. The third-order valence-electron chi connectivity index (χ3n) is 3.53. The smallest absolute Gasteiger partial charge is 0.0613 e. The van der Waals surface area contributed by atoms with E-state index in [1.807, 2.05) is 0 Å². The zero-order valence-corrected chi connectivity index (χ0v) is 11.2. The normalized spacial score (nSPS) is 18.8. The summed E-state index contributed by atoms with van der Waals surface area (Å²) in [6, 6.07) is 0.465. The molecule has 0 bridgehead atoms. The molecule has 16 heavy (non-hydrogen) atoms. The Morgan fingerprint density at radius 3 is 2.69 bits per heavy atom. The summed E-state index contributed by atoms with van der Waals surface area (Å²) < 4.78 is 5.10. The van der Waals surface area contributed by atoms with Gasteiger partial charge in [-0.25, -0.2) is 0 Å². The molecule has 0 spiro atoms. The van der Waals surface area contributed by atoms with E-state index in [9.17, 15) is 0 Å². The van der Waals surface area contributed by atoms with E-state index in [0.29, 0.717) is 6.04 Å². The van der Waals surface area contributed by atoms with Crippen LogP contribution in [-0.2, 0) is 4.74 Å². The minimum atomic E-state index is 0.465. The van der Waals surface area contributed by atoms with Crippen molar-refractivity contribution >= 4 is 0 Å². The Morgan fingerprint density at radius 1 is 1.44 bits per heavy atom. The first kappa shape index (κ1) is 13.9. The Balaban J connectivity index is 2.03. The number of rotatable bonds is 9. The summed E-state index contributed by atoms with van der Waals surface area (Å²) in [4.78, 5) is 2.57. The van der Waals surface area contributed by atoms with Crippen molar-refractivity contribution < 1.29 is 4.74 Å². The molecule has 1 unspecified atom stereocenters. The second kappa shape index (κ2) is 8.04. The molecule has 0 amide bonds. The van der Waals surface area contributed by atoms with Crippen LogP contribution in [0.5, 0.6) is 0 Å². The SMILES string of the molecule is CCN(CCNC(C)COC)CC1CCC1. The van der Waals surface area contributed by atoms with Crippen LogP contribution in [0.25, 0.3) is 0 Å². The van der Waals surface area contributed by atoms with Crippen molar-refractivity contribution in [2.24, 2.45) is 5.92 Å². The molecule has 1 saturated carbocycles. The van der Waals surface area contributed by atoms with Gasteiger partial charge in [-0.1, -0.05) is 13.3 Å². The molecule has 0 aromatic heterocycles. The molecule has 1 atom stereocenters. The average molecular weight is 228 g/mol. The van der Waals surface area contributed by atoms with E-state index in [2.05, 4.69) is 24.1 Å². The molecule has 96 valence electrons. The van der Waals surface area contributed by atoms with Crippen LogP contribution in [0.3, 0.4) is 0 Å². The standard InChI is InChI=1S/C13H28N2O/c1-4-15(10-13-6-5-7-13)9-8-14-12(2)11-16-3/h12-14H,4-11H2,1-3H3. The molecule has 0 aromatic rings. The van der Waals surface area contributed by atoms with Crippen LogP contribution in [-0.4, -0.2) is 50.8 Å². The highest BCUT2D eigenvalue weighted by Crippen LogP contribution is 2.26. The minimum Gasteiger partial charge on any atom is -0.383 e. The quantitative estimate of drug-likeness (QED) is 0.650. The van der Waals surface area contributed by atoms with Crippen LogP contribution in [0.2, 0.25) is 0 Å². The number of nitrogens with one attached hydrogen (secondary N) is 1. The zero-order valence-electron chi connectivity index (χ0n) is 11.2. The monoisotopic (exact) mass is 228 g/mol. The van der Waals surface area contributed by atoms with Crippen LogP contribution in [0.1, 0.15) is 33.1 Å². The molecule has 1 N–H and O–H groups in total. The molecule has 1 aliphatic carbocycles. The molecule has 1 fully saturated rings. The van der Waals surface area contributed by atoms with E-state index >= 15 is 0 Å². The minimum absolute atomic E-state index is 0.465. The molecule has 1 rings (SSSR count). The van der Waals surface area contributed by atoms with Crippen molar-refractivity contribution in [1.82, 2.24) is 10.2 Å². The van der Waals surface area contributed by atoms with Gasteiger partial charge in [0.05, 0.1) is 6.61 Å². The van der Waals surface area contributed by atoms with Crippen LogP contribution >= 0.6 is 0 Å². The van der Waals surface area contributed by atoms with Crippen LogP contribution < -0.4 is 5.32 Å². The fraction of sp³-hybridized carbons (Fsp3) is 1.00. The Bertz CT molecular complexity index is 171. The molecule has 0 aliphatic heterocycles. The lowest BCUT2D eigenvalue weighted by atomic mass is 9.85. The lowest BCUT2D eigenvalue weighted by Crippen LogP contribution is -2.40. The topological polar surface area (TPSA) is 24.5 Å². The van der Waals surface area contributed by atoms with E-state index < -0.39 is 0 Å². The highest BCUT2D eigenvalue weighted by Gasteiger charge is 2.19. The van der Waals surface area contributed by atoms with Gasteiger partial charge in [-0.3, -0.25) is 0 Å².